The molecule has 2 rings (SSSR count). The molecule has 1 aliphatic heterocycles. The molecule has 0 radical (unpaired) electrons. The van der Waals surface area contributed by atoms with Gasteiger partial charge in [0, 0.05) is 32.1 Å². The van der Waals surface area contributed by atoms with E-state index in [-0.39, 0.29) is 12.1 Å². The van der Waals surface area contributed by atoms with E-state index in [1.807, 2.05) is 33.0 Å². The van der Waals surface area contributed by atoms with E-state index in [9.17, 15) is 0 Å². The highest BCUT2D eigenvalue weighted by Crippen LogP contribution is 2.32. The van der Waals surface area contributed by atoms with Gasteiger partial charge in [0.2, 0.25) is 0 Å². The second-order valence-electron chi connectivity index (χ2n) is 6.49. The maximum atomic E-state index is 6.38. The predicted octanol–water partition coefficient (Wildman–Crippen LogP) is 2.04. The molecule has 23 heavy (non-hydrogen) atoms. The lowest BCUT2D eigenvalue weighted by Crippen LogP contribution is -2.34. The molecule has 6 heteroatoms. The summed E-state index contributed by atoms with van der Waals surface area (Å²) in [5.74, 6) is 1.25. The number of ether oxygens (including phenoxy) is 1. The Hall–Kier alpha value is -0.850. The van der Waals surface area contributed by atoms with Crippen LogP contribution >= 0.6 is 11.6 Å². The van der Waals surface area contributed by atoms with Gasteiger partial charge < -0.3 is 15.0 Å². The van der Waals surface area contributed by atoms with Gasteiger partial charge in [-0.3, -0.25) is 5.43 Å². The highest BCUT2D eigenvalue weighted by molar-refractivity contribution is 6.32. The van der Waals surface area contributed by atoms with Crippen LogP contribution in [-0.2, 0) is 0 Å². The first-order chi connectivity index (χ1) is 11.0. The summed E-state index contributed by atoms with van der Waals surface area (Å²) in [5, 5.41) is 3.86. The second-order valence-corrected chi connectivity index (χ2v) is 6.89. The normalized spacial score (nSPS) is 21.3. The number of hydrogen-bond donors (Lipinski definition) is 3. The van der Waals surface area contributed by atoms with Crippen molar-refractivity contribution in [1.82, 2.24) is 21.1 Å². The smallest absolute Gasteiger partial charge is 0.138 e. The third-order valence-corrected chi connectivity index (χ3v) is 4.36. The van der Waals surface area contributed by atoms with Crippen molar-refractivity contribution in [3.63, 3.8) is 0 Å². The Morgan fingerprint density at radius 3 is 2.87 bits per heavy atom. The molecular formula is C17H29ClN4O. The fourth-order valence-electron chi connectivity index (χ4n) is 2.92. The number of halogens is 1. The van der Waals surface area contributed by atoms with Crippen molar-refractivity contribution in [2.75, 3.05) is 40.3 Å². The number of hydrogen-bond acceptors (Lipinski definition) is 5. The van der Waals surface area contributed by atoms with Crippen LogP contribution in [0.2, 0.25) is 5.02 Å². The zero-order valence-corrected chi connectivity index (χ0v) is 15.3. The molecule has 2 unspecified atom stereocenters. The zero-order valence-electron chi connectivity index (χ0n) is 14.5. The first-order valence-corrected chi connectivity index (χ1v) is 8.66. The standard InChI is InChI=1S/C17H29ClN4O/c1-12(2)23-16-6-5-13(9-15(16)18)17-14(10-20-21-17)11-22(4)8-7-19-3/h5-6,9,12,14,17,19-21H,7-8,10-11H2,1-4H3. The number of rotatable bonds is 8. The summed E-state index contributed by atoms with van der Waals surface area (Å²) in [6.45, 7) is 8.04. The van der Waals surface area contributed by atoms with Crippen LogP contribution in [0.3, 0.4) is 0 Å². The molecule has 1 aromatic rings. The summed E-state index contributed by atoms with van der Waals surface area (Å²) in [5.41, 5.74) is 7.86. The van der Waals surface area contributed by atoms with Crippen molar-refractivity contribution in [1.29, 1.82) is 0 Å². The quantitative estimate of drug-likeness (QED) is 0.676. The minimum atomic E-state index is 0.123. The van der Waals surface area contributed by atoms with E-state index in [0.717, 1.165) is 31.9 Å². The van der Waals surface area contributed by atoms with E-state index in [1.54, 1.807) is 0 Å². The second kappa shape index (κ2) is 8.85. The molecule has 0 spiro atoms. The lowest BCUT2D eigenvalue weighted by Gasteiger charge is -2.25. The topological polar surface area (TPSA) is 48.6 Å². The maximum absolute atomic E-state index is 6.38. The van der Waals surface area contributed by atoms with E-state index in [2.05, 4.69) is 34.2 Å². The molecule has 1 aromatic carbocycles. The lowest BCUT2D eigenvalue weighted by molar-refractivity contribution is 0.242. The van der Waals surface area contributed by atoms with E-state index in [1.165, 1.54) is 5.56 Å². The van der Waals surface area contributed by atoms with Gasteiger partial charge in [0.25, 0.3) is 0 Å². The molecule has 0 aliphatic carbocycles. The van der Waals surface area contributed by atoms with E-state index < -0.39 is 0 Å². The number of nitrogens with one attached hydrogen (secondary N) is 3. The molecule has 1 fully saturated rings. The average molecular weight is 341 g/mol. The Balaban J connectivity index is 2.03. The van der Waals surface area contributed by atoms with Crippen LogP contribution in [0, 0.1) is 5.92 Å². The number of nitrogens with zero attached hydrogens (tertiary/aromatic N) is 1. The average Bonchev–Trinajstić information content (AvgIpc) is 2.95. The lowest BCUT2D eigenvalue weighted by atomic mass is 9.94. The fourth-order valence-corrected chi connectivity index (χ4v) is 3.15. The highest BCUT2D eigenvalue weighted by Gasteiger charge is 2.29. The van der Waals surface area contributed by atoms with Crippen molar-refractivity contribution in [2.24, 2.45) is 5.92 Å². The molecule has 0 amide bonds. The predicted molar refractivity (Wildman–Crippen MR) is 96.0 cm³/mol. The third kappa shape index (κ3) is 5.33. The van der Waals surface area contributed by atoms with Crippen molar-refractivity contribution >= 4 is 11.6 Å². The molecule has 0 bridgehead atoms. The van der Waals surface area contributed by atoms with Gasteiger partial charge in [-0.15, -0.1) is 0 Å². The fraction of sp³-hybridized carbons (Fsp3) is 0.647. The van der Waals surface area contributed by atoms with Crippen molar-refractivity contribution in [3.05, 3.63) is 28.8 Å². The van der Waals surface area contributed by atoms with Crippen LogP contribution in [0.1, 0.15) is 25.5 Å². The Morgan fingerprint density at radius 2 is 2.22 bits per heavy atom. The van der Waals surface area contributed by atoms with Gasteiger partial charge in [-0.1, -0.05) is 17.7 Å². The molecule has 1 saturated heterocycles. The van der Waals surface area contributed by atoms with Crippen molar-refractivity contribution < 1.29 is 4.74 Å². The van der Waals surface area contributed by atoms with E-state index in [4.69, 9.17) is 16.3 Å². The summed E-state index contributed by atoms with van der Waals surface area (Å²) in [7, 11) is 4.15. The maximum Gasteiger partial charge on any atom is 0.138 e. The third-order valence-electron chi connectivity index (χ3n) is 4.06. The van der Waals surface area contributed by atoms with E-state index >= 15 is 0 Å². The van der Waals surface area contributed by atoms with Crippen LogP contribution in [0.15, 0.2) is 18.2 Å². The molecular weight excluding hydrogens is 312 g/mol. The molecule has 0 saturated carbocycles. The van der Waals surface area contributed by atoms with Crippen molar-refractivity contribution in [3.8, 4) is 5.75 Å². The SMILES string of the molecule is CNCCN(C)CC1CNNC1c1ccc(OC(C)C)c(Cl)c1. The minimum absolute atomic E-state index is 0.123. The Bertz CT molecular complexity index is 497. The molecule has 0 aromatic heterocycles. The van der Waals surface area contributed by atoms with Gasteiger partial charge >= 0.3 is 0 Å². The molecule has 130 valence electrons. The zero-order chi connectivity index (χ0) is 16.8. The summed E-state index contributed by atoms with van der Waals surface area (Å²) in [6.07, 6.45) is 0.123. The first-order valence-electron chi connectivity index (χ1n) is 8.29. The summed E-state index contributed by atoms with van der Waals surface area (Å²) in [4.78, 5) is 2.36. The molecule has 5 nitrogen and oxygen atoms in total. The van der Waals surface area contributed by atoms with Crippen LogP contribution in [0.4, 0.5) is 0 Å². The highest BCUT2D eigenvalue weighted by atomic mass is 35.5. The number of likely N-dealkylation sites (N-methyl/N-ethyl adjacent to an activating group) is 2. The largest absolute Gasteiger partial charge is 0.489 e. The summed E-state index contributed by atoms with van der Waals surface area (Å²) < 4.78 is 5.72. The summed E-state index contributed by atoms with van der Waals surface area (Å²) in [6, 6.07) is 6.36. The van der Waals surface area contributed by atoms with Gasteiger partial charge in [-0.05, 0) is 45.6 Å². The number of benzene rings is 1. The molecule has 1 heterocycles. The van der Waals surface area contributed by atoms with Gasteiger partial charge in [-0.2, -0.15) is 0 Å². The van der Waals surface area contributed by atoms with Gasteiger partial charge in [0.15, 0.2) is 0 Å². The summed E-state index contributed by atoms with van der Waals surface area (Å²) >= 11 is 6.38. The minimum Gasteiger partial charge on any atom is -0.489 e. The Kier molecular flexibility index (Phi) is 7.11. The van der Waals surface area contributed by atoms with Crippen LogP contribution in [0.25, 0.3) is 0 Å². The van der Waals surface area contributed by atoms with Gasteiger partial charge in [-0.25, -0.2) is 5.43 Å². The van der Waals surface area contributed by atoms with Crippen LogP contribution in [-0.4, -0.2) is 51.3 Å². The molecule has 1 aliphatic rings. The monoisotopic (exact) mass is 340 g/mol. The molecule has 3 N–H and O–H groups in total. The Labute approximate surface area is 144 Å². The van der Waals surface area contributed by atoms with Gasteiger partial charge in [0.1, 0.15) is 5.75 Å². The number of hydrazine groups is 1. The van der Waals surface area contributed by atoms with Crippen molar-refractivity contribution in [2.45, 2.75) is 26.0 Å². The first kappa shape index (κ1) is 18.5. The Morgan fingerprint density at radius 1 is 1.43 bits per heavy atom. The van der Waals surface area contributed by atoms with Crippen LogP contribution < -0.4 is 20.9 Å². The van der Waals surface area contributed by atoms with Crippen LogP contribution in [0.5, 0.6) is 5.75 Å². The molecule has 2 atom stereocenters. The van der Waals surface area contributed by atoms with E-state index in [0.29, 0.717) is 10.9 Å². The van der Waals surface area contributed by atoms with Gasteiger partial charge in [0.05, 0.1) is 17.2 Å².